The van der Waals surface area contributed by atoms with Crippen LogP contribution in [0.3, 0.4) is 0 Å². The number of nitriles is 2. The fourth-order valence-corrected chi connectivity index (χ4v) is 10.3. The molecule has 0 fully saturated rings. The zero-order chi connectivity index (χ0) is 41.6. The van der Waals surface area contributed by atoms with Crippen molar-refractivity contribution in [3.8, 4) is 34.4 Å². The lowest BCUT2D eigenvalue weighted by atomic mass is 9.96. The van der Waals surface area contributed by atoms with Gasteiger partial charge in [0.1, 0.15) is 32.9 Å². The molecule has 62 heavy (non-hydrogen) atoms. The molecule has 0 saturated carbocycles. The molecule has 0 aliphatic rings. The van der Waals surface area contributed by atoms with Gasteiger partial charge in [-0.25, -0.2) is 9.97 Å². The van der Waals surface area contributed by atoms with E-state index in [4.69, 9.17) is 9.97 Å². The molecule has 0 bridgehead atoms. The van der Waals surface area contributed by atoms with Crippen molar-refractivity contribution < 1.29 is 0 Å². The molecule has 3 aromatic heterocycles. The number of benzene rings is 8. The second-order valence-corrected chi connectivity index (χ2v) is 16.9. The maximum absolute atomic E-state index is 10.0. The second-order valence-electron chi connectivity index (χ2n) is 14.8. The summed E-state index contributed by atoms with van der Waals surface area (Å²) < 4.78 is 1.78. The van der Waals surface area contributed by atoms with Crippen LogP contribution in [-0.4, -0.2) is 9.97 Å². The van der Waals surface area contributed by atoms with Crippen LogP contribution in [0.5, 0.6) is 0 Å². The van der Waals surface area contributed by atoms with E-state index in [0.29, 0.717) is 9.75 Å². The third-order valence-corrected chi connectivity index (χ3v) is 13.3. The van der Waals surface area contributed by atoms with E-state index in [-0.39, 0.29) is 0 Å². The monoisotopic (exact) mass is 828 g/mol. The van der Waals surface area contributed by atoms with E-state index in [1.54, 1.807) is 0 Å². The van der Waals surface area contributed by atoms with Gasteiger partial charge in [-0.05, 0) is 96.1 Å². The first-order chi connectivity index (χ1) is 30.6. The third kappa shape index (κ3) is 6.39. The van der Waals surface area contributed by atoms with Gasteiger partial charge in [-0.15, -0.1) is 22.7 Å². The number of aromatic nitrogens is 2. The van der Waals surface area contributed by atoms with Crippen LogP contribution in [0.1, 0.15) is 9.75 Å². The van der Waals surface area contributed by atoms with Crippen LogP contribution < -0.4 is 9.80 Å². The summed E-state index contributed by atoms with van der Waals surface area (Å²) in [5, 5.41) is 21.9. The van der Waals surface area contributed by atoms with E-state index in [1.807, 2.05) is 36.4 Å². The summed E-state index contributed by atoms with van der Waals surface area (Å²) in [5.41, 5.74) is 13.2. The molecule has 11 rings (SSSR count). The number of hydrogen-bond donors (Lipinski definition) is 0. The van der Waals surface area contributed by atoms with Crippen LogP contribution in [-0.2, 0) is 0 Å². The maximum Gasteiger partial charge on any atom is 0.110 e. The van der Waals surface area contributed by atoms with Gasteiger partial charge in [0.05, 0.1) is 20.4 Å². The van der Waals surface area contributed by atoms with Gasteiger partial charge in [0, 0.05) is 56.0 Å². The largest absolute Gasteiger partial charge is 0.311 e. The molecule has 0 N–H and O–H groups in total. The normalized spacial score (nSPS) is 11.2. The number of nitrogens with zero attached hydrogens (tertiary/aromatic N) is 6. The SMILES string of the molecule is N#Cc1cc2c3cc(C#N)sc3c3nc4c(-c5ccc(N(c6ccccc6)c6ccccc6)cc5)ccc(-c5ccc(N(c6ccccc6)c6ccccc6)cc5)c4nc3c2s1. The predicted molar refractivity (Wildman–Crippen MR) is 257 cm³/mol. The minimum absolute atomic E-state index is 0.589. The van der Waals surface area contributed by atoms with Crippen molar-refractivity contribution in [3.05, 3.63) is 204 Å². The Balaban J connectivity index is 1.11. The van der Waals surface area contributed by atoms with Gasteiger partial charge >= 0.3 is 0 Å². The van der Waals surface area contributed by atoms with E-state index in [1.165, 1.54) is 22.7 Å². The van der Waals surface area contributed by atoms with E-state index in [0.717, 1.165) is 98.6 Å². The van der Waals surface area contributed by atoms with Crippen molar-refractivity contribution in [2.75, 3.05) is 9.80 Å². The molecule has 6 nitrogen and oxygen atoms in total. The molecule has 8 heteroatoms. The van der Waals surface area contributed by atoms with Crippen LogP contribution in [0, 0.1) is 22.7 Å². The lowest BCUT2D eigenvalue weighted by Crippen LogP contribution is -2.09. The van der Waals surface area contributed by atoms with Crippen LogP contribution >= 0.6 is 22.7 Å². The van der Waals surface area contributed by atoms with Crippen molar-refractivity contribution >= 4 is 99.0 Å². The van der Waals surface area contributed by atoms with Gasteiger partial charge in [-0.3, -0.25) is 0 Å². The minimum Gasteiger partial charge on any atom is -0.311 e. The number of hydrogen-bond acceptors (Lipinski definition) is 8. The summed E-state index contributed by atoms with van der Waals surface area (Å²) >= 11 is 2.84. The molecular formula is C54H32N6S2. The van der Waals surface area contributed by atoms with Crippen molar-refractivity contribution in [2.45, 2.75) is 0 Å². The highest BCUT2D eigenvalue weighted by molar-refractivity contribution is 7.23. The summed E-state index contributed by atoms with van der Waals surface area (Å²) in [5.74, 6) is 0. The Labute approximate surface area is 365 Å². The topological polar surface area (TPSA) is 79.8 Å². The van der Waals surface area contributed by atoms with Crippen LogP contribution in [0.25, 0.3) is 64.5 Å². The Hall–Kier alpha value is -8.14. The highest BCUT2D eigenvalue weighted by atomic mass is 32.1. The molecule has 0 radical (unpaired) electrons. The highest BCUT2D eigenvalue weighted by Gasteiger charge is 2.22. The van der Waals surface area contributed by atoms with Crippen molar-refractivity contribution in [3.63, 3.8) is 0 Å². The summed E-state index contributed by atoms with van der Waals surface area (Å²) in [7, 11) is 0. The fourth-order valence-electron chi connectivity index (χ4n) is 8.35. The Kier molecular flexibility index (Phi) is 9.21. The molecule has 290 valence electrons. The van der Waals surface area contributed by atoms with Crippen LogP contribution in [0.2, 0.25) is 0 Å². The van der Waals surface area contributed by atoms with E-state index < -0.39 is 0 Å². The molecule has 0 atom stereocenters. The first kappa shape index (κ1) is 36.9. The van der Waals surface area contributed by atoms with E-state index in [2.05, 4.69) is 180 Å². The third-order valence-electron chi connectivity index (χ3n) is 11.2. The fraction of sp³-hybridized carbons (Fsp3) is 0. The minimum atomic E-state index is 0.589. The van der Waals surface area contributed by atoms with Gasteiger partial charge in [0.25, 0.3) is 0 Å². The quantitative estimate of drug-likeness (QED) is 0.142. The summed E-state index contributed by atoms with van der Waals surface area (Å²) in [6.07, 6.45) is 0. The molecule has 3 heterocycles. The van der Waals surface area contributed by atoms with Crippen molar-refractivity contribution in [1.29, 1.82) is 10.5 Å². The Bertz CT molecular complexity index is 3200. The van der Waals surface area contributed by atoms with E-state index >= 15 is 0 Å². The van der Waals surface area contributed by atoms with Gasteiger partial charge in [0.2, 0.25) is 0 Å². The van der Waals surface area contributed by atoms with Crippen molar-refractivity contribution in [2.24, 2.45) is 0 Å². The zero-order valence-electron chi connectivity index (χ0n) is 33.0. The average molecular weight is 829 g/mol. The molecule has 11 aromatic rings. The van der Waals surface area contributed by atoms with E-state index in [9.17, 15) is 10.5 Å². The Morgan fingerprint density at radius 3 is 0.968 bits per heavy atom. The number of fused-ring (bicyclic) bond motifs is 7. The molecule has 0 amide bonds. The zero-order valence-corrected chi connectivity index (χ0v) is 34.6. The van der Waals surface area contributed by atoms with Crippen LogP contribution in [0.15, 0.2) is 194 Å². The summed E-state index contributed by atoms with van der Waals surface area (Å²) in [6, 6.07) is 71.6. The maximum atomic E-state index is 10.0. The first-order valence-electron chi connectivity index (χ1n) is 20.1. The molecule has 0 unspecified atom stereocenters. The molecule has 0 spiro atoms. The molecule has 8 aromatic carbocycles. The Morgan fingerprint density at radius 2 is 0.661 bits per heavy atom. The number of rotatable bonds is 8. The summed E-state index contributed by atoms with van der Waals surface area (Å²) in [6.45, 7) is 0. The molecule has 0 aliphatic carbocycles. The number of thiophene rings is 2. The lowest BCUT2D eigenvalue weighted by Gasteiger charge is -2.25. The van der Waals surface area contributed by atoms with Gasteiger partial charge in [-0.2, -0.15) is 10.5 Å². The van der Waals surface area contributed by atoms with Gasteiger partial charge in [-0.1, -0.05) is 109 Å². The number of anilines is 6. The lowest BCUT2D eigenvalue weighted by molar-refractivity contribution is 1.28. The smallest absolute Gasteiger partial charge is 0.110 e. The van der Waals surface area contributed by atoms with Crippen LogP contribution in [0.4, 0.5) is 34.1 Å². The van der Waals surface area contributed by atoms with Gasteiger partial charge < -0.3 is 9.80 Å². The van der Waals surface area contributed by atoms with Gasteiger partial charge in [0.15, 0.2) is 0 Å². The first-order valence-corrected chi connectivity index (χ1v) is 21.7. The second kappa shape index (κ2) is 15.5. The Morgan fingerprint density at radius 1 is 0.355 bits per heavy atom. The molecular weight excluding hydrogens is 797 g/mol. The highest BCUT2D eigenvalue weighted by Crippen LogP contribution is 2.45. The standard InChI is InChI=1S/C54H32N6S2/c55-33-43-31-47-48-32-44(34-56)62-54(48)52-51(53(47)61-43)57-49-45(35-21-25-41(26-22-35)59(37-13-5-1-6-14-37)38-15-7-2-8-16-38)29-30-46(50(49)58-52)36-23-27-42(28-24-36)60(39-17-9-3-10-18-39)40-19-11-4-12-20-40/h1-32H. The molecule has 0 saturated heterocycles. The average Bonchev–Trinajstić information content (AvgIpc) is 3.99. The summed E-state index contributed by atoms with van der Waals surface area (Å²) in [4.78, 5) is 16.7. The van der Waals surface area contributed by atoms with Crippen molar-refractivity contribution in [1.82, 2.24) is 9.97 Å². The number of para-hydroxylation sites is 4. The molecule has 0 aliphatic heterocycles. The predicted octanol–water partition coefficient (Wildman–Crippen LogP) is 15.2.